The molecular formula is C31H33N3O4. The van der Waals surface area contributed by atoms with E-state index in [9.17, 15) is 14.4 Å². The first-order chi connectivity index (χ1) is 18.5. The van der Waals surface area contributed by atoms with Crippen molar-refractivity contribution in [3.05, 3.63) is 107 Å². The van der Waals surface area contributed by atoms with E-state index in [-0.39, 0.29) is 24.3 Å². The largest absolute Gasteiger partial charge is 0.383 e. The molecule has 2 fully saturated rings. The lowest BCUT2D eigenvalue weighted by Gasteiger charge is -2.42. The van der Waals surface area contributed by atoms with Crippen molar-refractivity contribution in [2.75, 3.05) is 33.4 Å². The summed E-state index contributed by atoms with van der Waals surface area (Å²) in [5, 5.41) is 0. The molecule has 0 aliphatic carbocycles. The van der Waals surface area contributed by atoms with Gasteiger partial charge >= 0.3 is 6.03 Å². The van der Waals surface area contributed by atoms with Gasteiger partial charge in [-0.15, -0.1) is 0 Å². The molecule has 0 bridgehead atoms. The predicted octanol–water partition coefficient (Wildman–Crippen LogP) is 4.36. The highest BCUT2D eigenvalue weighted by Gasteiger charge is 2.57. The van der Waals surface area contributed by atoms with Crippen LogP contribution in [0.5, 0.6) is 0 Å². The summed E-state index contributed by atoms with van der Waals surface area (Å²) in [7, 11) is 1.60. The molecule has 2 aliphatic heterocycles. The topological polar surface area (TPSA) is 70.2 Å². The lowest BCUT2D eigenvalue weighted by molar-refractivity contribution is -0.136. The highest BCUT2D eigenvalue weighted by Crippen LogP contribution is 2.38. The van der Waals surface area contributed by atoms with E-state index in [1.54, 1.807) is 36.3 Å². The Morgan fingerprint density at radius 3 is 2.00 bits per heavy atom. The van der Waals surface area contributed by atoms with Gasteiger partial charge in [0.15, 0.2) is 5.78 Å². The van der Waals surface area contributed by atoms with Crippen LogP contribution in [0.2, 0.25) is 0 Å². The molecule has 5 rings (SSSR count). The second-order valence-corrected chi connectivity index (χ2v) is 10.0. The van der Waals surface area contributed by atoms with Crippen LogP contribution < -0.4 is 0 Å². The van der Waals surface area contributed by atoms with Gasteiger partial charge in [-0.2, -0.15) is 0 Å². The summed E-state index contributed by atoms with van der Waals surface area (Å²) >= 11 is 0. The van der Waals surface area contributed by atoms with Crippen molar-refractivity contribution in [1.29, 1.82) is 0 Å². The molecule has 1 spiro atoms. The minimum atomic E-state index is -0.841. The van der Waals surface area contributed by atoms with Crippen LogP contribution >= 0.6 is 0 Å². The van der Waals surface area contributed by atoms with Crippen LogP contribution in [0.1, 0.15) is 39.9 Å². The minimum absolute atomic E-state index is 0.0579. The van der Waals surface area contributed by atoms with Gasteiger partial charge in [0.2, 0.25) is 0 Å². The summed E-state index contributed by atoms with van der Waals surface area (Å²) in [6.45, 7) is 3.23. The molecule has 3 amide bonds. The Morgan fingerprint density at radius 2 is 1.37 bits per heavy atom. The third kappa shape index (κ3) is 5.12. The number of carbonyl (C=O) groups excluding carboxylic acids is 3. The smallest absolute Gasteiger partial charge is 0.328 e. The predicted molar refractivity (Wildman–Crippen MR) is 145 cm³/mol. The standard InChI is InChI=1S/C31H33N3O4/c1-38-21-20-34-30(37)33(23-25-12-14-27(15-13-25)28(35)26-10-6-3-7-11-26)29(36)31(34)16-18-32(19-17-31)22-24-8-4-2-5-9-24/h2-15H,16-23H2,1H3. The van der Waals surface area contributed by atoms with Gasteiger partial charge in [-0.25, -0.2) is 4.79 Å². The molecule has 0 radical (unpaired) electrons. The third-order valence-corrected chi connectivity index (χ3v) is 7.67. The van der Waals surface area contributed by atoms with Gasteiger partial charge in [-0.05, 0) is 24.0 Å². The lowest BCUT2D eigenvalue weighted by Crippen LogP contribution is -2.57. The zero-order chi connectivity index (χ0) is 26.5. The number of nitrogens with zero attached hydrogens (tertiary/aromatic N) is 3. The van der Waals surface area contributed by atoms with E-state index in [0.717, 1.165) is 25.2 Å². The number of urea groups is 1. The molecule has 2 aliphatic rings. The molecule has 0 atom stereocenters. The molecule has 2 heterocycles. The van der Waals surface area contributed by atoms with Crippen molar-refractivity contribution in [1.82, 2.24) is 14.7 Å². The van der Waals surface area contributed by atoms with Gasteiger partial charge in [0.05, 0.1) is 13.2 Å². The van der Waals surface area contributed by atoms with Gasteiger partial charge in [-0.1, -0.05) is 84.9 Å². The second-order valence-electron chi connectivity index (χ2n) is 10.0. The molecule has 3 aromatic rings. The van der Waals surface area contributed by atoms with Crippen LogP contribution in [0, 0.1) is 0 Å². The molecule has 0 unspecified atom stereocenters. The van der Waals surface area contributed by atoms with Crippen molar-refractivity contribution >= 4 is 17.7 Å². The highest BCUT2D eigenvalue weighted by molar-refractivity contribution is 6.09. The number of hydrogen-bond donors (Lipinski definition) is 0. The van der Waals surface area contributed by atoms with E-state index in [1.165, 1.54) is 10.5 Å². The van der Waals surface area contributed by atoms with E-state index in [2.05, 4.69) is 17.0 Å². The van der Waals surface area contributed by atoms with Crippen LogP contribution in [-0.4, -0.2) is 71.3 Å². The van der Waals surface area contributed by atoms with E-state index in [4.69, 9.17) is 4.74 Å². The Bertz CT molecular complexity index is 1270. The number of ether oxygens (including phenoxy) is 1. The van der Waals surface area contributed by atoms with Gasteiger partial charge in [0.25, 0.3) is 5.91 Å². The molecular weight excluding hydrogens is 478 g/mol. The number of imide groups is 1. The maximum absolute atomic E-state index is 13.8. The summed E-state index contributed by atoms with van der Waals surface area (Å²) in [5.74, 6) is -0.195. The zero-order valence-electron chi connectivity index (χ0n) is 21.7. The molecule has 0 N–H and O–H groups in total. The van der Waals surface area contributed by atoms with Crippen LogP contribution in [0.4, 0.5) is 4.79 Å². The van der Waals surface area contributed by atoms with Crippen molar-refractivity contribution in [3.63, 3.8) is 0 Å². The fourth-order valence-corrected chi connectivity index (χ4v) is 5.52. The van der Waals surface area contributed by atoms with Gasteiger partial charge in [0.1, 0.15) is 5.54 Å². The Morgan fingerprint density at radius 1 is 0.789 bits per heavy atom. The van der Waals surface area contributed by atoms with Crippen molar-refractivity contribution in [2.24, 2.45) is 0 Å². The fourth-order valence-electron chi connectivity index (χ4n) is 5.52. The van der Waals surface area contributed by atoms with E-state index < -0.39 is 5.54 Å². The molecule has 196 valence electrons. The third-order valence-electron chi connectivity index (χ3n) is 7.67. The molecule has 0 saturated carbocycles. The molecule has 3 aromatic carbocycles. The normalized spacial score (nSPS) is 17.4. The quantitative estimate of drug-likeness (QED) is 0.315. The van der Waals surface area contributed by atoms with Crippen molar-refractivity contribution in [3.8, 4) is 0 Å². The number of amides is 3. The molecule has 7 heteroatoms. The number of rotatable bonds is 9. The fraction of sp³-hybridized carbons (Fsp3) is 0.323. The Kier molecular flexibility index (Phi) is 7.67. The number of methoxy groups -OCH3 is 1. The SMILES string of the molecule is COCCN1C(=O)N(Cc2ccc(C(=O)c3ccccc3)cc2)C(=O)C12CCN(Cc1ccccc1)CC2. The lowest BCUT2D eigenvalue weighted by atomic mass is 9.85. The molecule has 38 heavy (non-hydrogen) atoms. The van der Waals surface area contributed by atoms with Crippen LogP contribution in [0.3, 0.4) is 0 Å². The summed E-state index contributed by atoms with van der Waals surface area (Å²) in [4.78, 5) is 45.6. The average Bonchev–Trinajstić information content (AvgIpc) is 3.15. The summed E-state index contributed by atoms with van der Waals surface area (Å²) in [6, 6.07) is 26.3. The number of likely N-dealkylation sites (tertiary alicyclic amines) is 1. The second kappa shape index (κ2) is 11.3. The van der Waals surface area contributed by atoms with E-state index >= 15 is 0 Å². The van der Waals surface area contributed by atoms with Gasteiger partial charge < -0.3 is 9.64 Å². The van der Waals surface area contributed by atoms with E-state index in [0.29, 0.717) is 37.1 Å². The first kappa shape index (κ1) is 25.8. The van der Waals surface area contributed by atoms with Crippen molar-refractivity contribution < 1.29 is 19.1 Å². The number of benzene rings is 3. The minimum Gasteiger partial charge on any atom is -0.383 e. The summed E-state index contributed by atoms with van der Waals surface area (Å²) in [5.41, 5.74) is 2.40. The zero-order valence-corrected chi connectivity index (χ0v) is 21.7. The summed E-state index contributed by atoms with van der Waals surface area (Å²) < 4.78 is 5.28. The Balaban J connectivity index is 1.30. The van der Waals surface area contributed by atoms with E-state index in [1.807, 2.05) is 48.5 Å². The number of piperidine rings is 1. The van der Waals surface area contributed by atoms with Crippen molar-refractivity contribution in [2.45, 2.75) is 31.5 Å². The maximum atomic E-state index is 13.8. The monoisotopic (exact) mass is 511 g/mol. The molecule has 0 aromatic heterocycles. The van der Waals surface area contributed by atoms with Gasteiger partial charge in [0, 0.05) is 44.4 Å². The van der Waals surface area contributed by atoms with Crippen LogP contribution in [0.25, 0.3) is 0 Å². The molecule has 7 nitrogen and oxygen atoms in total. The maximum Gasteiger partial charge on any atom is 0.328 e. The Hall–Kier alpha value is -3.81. The van der Waals surface area contributed by atoms with Crippen LogP contribution in [0.15, 0.2) is 84.9 Å². The number of carbonyl (C=O) groups is 3. The van der Waals surface area contributed by atoms with Gasteiger partial charge in [-0.3, -0.25) is 19.4 Å². The number of ketones is 1. The molecule has 2 saturated heterocycles. The summed E-state index contributed by atoms with van der Waals surface area (Å²) in [6.07, 6.45) is 1.18. The first-order valence-corrected chi connectivity index (χ1v) is 13.1. The van der Waals surface area contributed by atoms with Crippen LogP contribution in [-0.2, 0) is 22.6 Å². The Labute approximate surface area is 223 Å². The first-order valence-electron chi connectivity index (χ1n) is 13.1. The number of hydrogen-bond acceptors (Lipinski definition) is 5. The average molecular weight is 512 g/mol. The highest BCUT2D eigenvalue weighted by atomic mass is 16.5.